The third kappa shape index (κ3) is 5.66. The van der Waals surface area contributed by atoms with E-state index in [0.717, 1.165) is 0 Å². The Bertz CT molecular complexity index is 339. The number of nitrogens with zero attached hydrogens (tertiary/aromatic N) is 1. The number of carbonyl (C=O) groups excluding carboxylic acids is 1. The van der Waals surface area contributed by atoms with E-state index in [4.69, 9.17) is 5.73 Å². The van der Waals surface area contributed by atoms with Crippen LogP contribution >= 0.6 is 0 Å². The lowest BCUT2D eigenvalue weighted by atomic mass is 9.87. The summed E-state index contributed by atoms with van der Waals surface area (Å²) in [6.45, 7) is 5.92. The van der Waals surface area contributed by atoms with E-state index < -0.39 is 18.8 Å². The molecule has 0 aliphatic carbocycles. The van der Waals surface area contributed by atoms with Gasteiger partial charge in [-0.1, -0.05) is 20.8 Å². The van der Waals surface area contributed by atoms with Crippen LogP contribution in [0.1, 0.15) is 27.2 Å². The number of alkyl halides is 3. The topological polar surface area (TPSA) is 58.4 Å². The van der Waals surface area contributed by atoms with Crippen LogP contribution in [0.4, 0.5) is 13.2 Å². The summed E-state index contributed by atoms with van der Waals surface area (Å²) in [7, 11) is 0. The molecular formula is C13H24F3N3O. The number of nitrogens with one attached hydrogen (secondary N) is 1. The first-order chi connectivity index (χ1) is 8.99. The van der Waals surface area contributed by atoms with Gasteiger partial charge in [0.1, 0.15) is 0 Å². The number of amides is 1. The van der Waals surface area contributed by atoms with E-state index in [2.05, 4.69) is 5.32 Å². The lowest BCUT2D eigenvalue weighted by Gasteiger charge is -2.26. The minimum absolute atomic E-state index is 0.0634. The fraction of sp³-hybridized carbons (Fsp3) is 0.923. The van der Waals surface area contributed by atoms with Gasteiger partial charge in [0.25, 0.3) is 0 Å². The summed E-state index contributed by atoms with van der Waals surface area (Å²) in [6, 6.07) is -0.616. The van der Waals surface area contributed by atoms with Crippen molar-refractivity contribution in [3.8, 4) is 0 Å². The van der Waals surface area contributed by atoms with Gasteiger partial charge in [0.05, 0.1) is 12.6 Å². The highest BCUT2D eigenvalue weighted by Crippen LogP contribution is 2.22. The fourth-order valence-corrected chi connectivity index (χ4v) is 2.22. The monoisotopic (exact) mass is 295 g/mol. The van der Waals surface area contributed by atoms with Crippen molar-refractivity contribution >= 4 is 5.91 Å². The zero-order chi connectivity index (χ0) is 15.6. The van der Waals surface area contributed by atoms with Crippen LogP contribution in [-0.4, -0.2) is 49.2 Å². The highest BCUT2D eigenvalue weighted by atomic mass is 19.4. The van der Waals surface area contributed by atoms with Crippen molar-refractivity contribution in [1.82, 2.24) is 10.2 Å². The van der Waals surface area contributed by atoms with Gasteiger partial charge >= 0.3 is 6.18 Å². The second-order valence-corrected chi connectivity index (χ2v) is 6.59. The predicted molar refractivity (Wildman–Crippen MR) is 71.0 cm³/mol. The van der Waals surface area contributed by atoms with Crippen LogP contribution in [0.15, 0.2) is 0 Å². The van der Waals surface area contributed by atoms with Crippen LogP contribution in [0.2, 0.25) is 0 Å². The Hall–Kier alpha value is -0.820. The first-order valence-electron chi connectivity index (χ1n) is 6.81. The maximum absolute atomic E-state index is 12.3. The van der Waals surface area contributed by atoms with E-state index in [-0.39, 0.29) is 17.2 Å². The molecule has 1 heterocycles. The van der Waals surface area contributed by atoms with E-state index >= 15 is 0 Å². The average molecular weight is 295 g/mol. The number of halogens is 3. The lowest BCUT2D eigenvalue weighted by molar-refractivity contribution is -0.143. The summed E-state index contributed by atoms with van der Waals surface area (Å²) in [5.41, 5.74) is 5.49. The van der Waals surface area contributed by atoms with E-state index in [0.29, 0.717) is 26.1 Å². The van der Waals surface area contributed by atoms with Crippen LogP contribution in [0.5, 0.6) is 0 Å². The number of carbonyl (C=O) groups is 1. The number of likely N-dealkylation sites (tertiary alicyclic amines) is 1. The number of rotatable bonds is 4. The van der Waals surface area contributed by atoms with Crippen molar-refractivity contribution in [2.24, 2.45) is 17.1 Å². The molecule has 7 heteroatoms. The molecule has 1 aliphatic heterocycles. The van der Waals surface area contributed by atoms with Crippen LogP contribution in [-0.2, 0) is 4.79 Å². The molecule has 1 amide bonds. The van der Waals surface area contributed by atoms with Crippen molar-refractivity contribution in [3.63, 3.8) is 0 Å². The summed E-state index contributed by atoms with van der Waals surface area (Å²) in [5, 5.41) is 2.74. The molecule has 0 bridgehead atoms. The van der Waals surface area contributed by atoms with E-state index in [1.165, 1.54) is 4.90 Å². The molecule has 0 radical (unpaired) electrons. The molecule has 0 aromatic heterocycles. The average Bonchev–Trinajstić information content (AvgIpc) is 2.68. The molecule has 1 unspecified atom stereocenters. The van der Waals surface area contributed by atoms with Crippen LogP contribution < -0.4 is 11.1 Å². The van der Waals surface area contributed by atoms with Gasteiger partial charge in [-0.15, -0.1) is 0 Å². The fourth-order valence-electron chi connectivity index (χ4n) is 2.22. The van der Waals surface area contributed by atoms with E-state index in [1.807, 2.05) is 20.8 Å². The minimum Gasteiger partial charge on any atom is -0.354 e. The van der Waals surface area contributed by atoms with Crippen LogP contribution in [0, 0.1) is 11.3 Å². The van der Waals surface area contributed by atoms with Crippen molar-refractivity contribution in [2.75, 3.05) is 26.2 Å². The standard InChI is InChI=1S/C13H24F3N3O/c1-12(2,3)10(17)11(20)18-6-9-4-5-19(7-9)8-13(14,15)16/h9-10H,4-8,17H2,1-3H3,(H,18,20)/t9?,10-/m0/s1. The number of hydrogen-bond donors (Lipinski definition) is 2. The molecule has 0 aromatic rings. The quantitative estimate of drug-likeness (QED) is 0.823. The molecule has 20 heavy (non-hydrogen) atoms. The highest BCUT2D eigenvalue weighted by Gasteiger charge is 2.34. The van der Waals surface area contributed by atoms with Crippen LogP contribution in [0.3, 0.4) is 0 Å². The van der Waals surface area contributed by atoms with Crippen molar-refractivity contribution in [3.05, 3.63) is 0 Å². The minimum atomic E-state index is -4.16. The summed E-state index contributed by atoms with van der Waals surface area (Å²) in [5.74, 6) is -0.180. The SMILES string of the molecule is CC(C)(C)[C@@H](N)C(=O)NCC1CCN(CC(F)(F)F)C1. The third-order valence-corrected chi connectivity index (χ3v) is 3.55. The largest absolute Gasteiger partial charge is 0.401 e. The Morgan fingerprint density at radius 3 is 2.50 bits per heavy atom. The summed E-state index contributed by atoms with van der Waals surface area (Å²) >= 11 is 0. The van der Waals surface area contributed by atoms with Gasteiger partial charge < -0.3 is 11.1 Å². The molecule has 4 nitrogen and oxygen atoms in total. The smallest absolute Gasteiger partial charge is 0.354 e. The molecule has 1 fully saturated rings. The molecule has 0 saturated carbocycles. The Kier molecular flexibility index (Phi) is 5.43. The maximum Gasteiger partial charge on any atom is 0.401 e. The van der Waals surface area contributed by atoms with Gasteiger partial charge in [-0.3, -0.25) is 9.69 Å². The predicted octanol–water partition coefficient (Wildman–Crippen LogP) is 1.36. The van der Waals surface area contributed by atoms with Gasteiger partial charge in [-0.2, -0.15) is 13.2 Å². The van der Waals surface area contributed by atoms with E-state index in [9.17, 15) is 18.0 Å². The summed E-state index contributed by atoms with van der Waals surface area (Å²) in [6.07, 6.45) is -3.49. The molecule has 1 aliphatic rings. The number of hydrogen-bond acceptors (Lipinski definition) is 3. The highest BCUT2D eigenvalue weighted by molar-refractivity contribution is 5.82. The maximum atomic E-state index is 12.3. The Labute approximate surface area is 117 Å². The van der Waals surface area contributed by atoms with Gasteiger partial charge in [0.2, 0.25) is 5.91 Å². The normalized spacial score (nSPS) is 22.9. The second kappa shape index (κ2) is 6.30. The van der Waals surface area contributed by atoms with Crippen molar-refractivity contribution in [1.29, 1.82) is 0 Å². The Morgan fingerprint density at radius 2 is 2.00 bits per heavy atom. The molecule has 0 spiro atoms. The molecule has 0 aromatic carbocycles. The first kappa shape index (κ1) is 17.2. The molecule has 2 atom stereocenters. The Balaban J connectivity index is 2.33. The Morgan fingerprint density at radius 1 is 1.40 bits per heavy atom. The molecule has 3 N–H and O–H groups in total. The van der Waals surface area contributed by atoms with Crippen molar-refractivity contribution < 1.29 is 18.0 Å². The molecule has 1 saturated heterocycles. The van der Waals surface area contributed by atoms with Gasteiger partial charge in [-0.25, -0.2) is 0 Å². The van der Waals surface area contributed by atoms with E-state index in [1.54, 1.807) is 0 Å². The van der Waals surface area contributed by atoms with Crippen LogP contribution in [0.25, 0.3) is 0 Å². The molecule has 1 rings (SSSR count). The summed E-state index contributed by atoms with van der Waals surface area (Å²) in [4.78, 5) is 13.2. The first-order valence-corrected chi connectivity index (χ1v) is 6.81. The molecule has 118 valence electrons. The van der Waals surface area contributed by atoms with Gasteiger partial charge in [0.15, 0.2) is 0 Å². The molecular weight excluding hydrogens is 271 g/mol. The summed E-state index contributed by atoms with van der Waals surface area (Å²) < 4.78 is 36.8. The lowest BCUT2D eigenvalue weighted by Crippen LogP contribution is -2.49. The number of nitrogens with two attached hydrogens (primary N) is 1. The second-order valence-electron chi connectivity index (χ2n) is 6.59. The third-order valence-electron chi connectivity index (χ3n) is 3.55. The van der Waals surface area contributed by atoms with Gasteiger partial charge in [0, 0.05) is 13.1 Å². The zero-order valence-electron chi connectivity index (χ0n) is 12.3. The van der Waals surface area contributed by atoms with Crippen molar-refractivity contribution in [2.45, 2.75) is 39.4 Å². The van der Waals surface area contributed by atoms with Gasteiger partial charge in [-0.05, 0) is 24.3 Å². The zero-order valence-corrected chi connectivity index (χ0v) is 12.3.